The van der Waals surface area contributed by atoms with Crippen LogP contribution in [0.3, 0.4) is 0 Å². The Bertz CT molecular complexity index is 392. The molecule has 0 saturated heterocycles. The highest BCUT2D eigenvalue weighted by atomic mass is 79.9. The Kier molecular flexibility index (Phi) is 5.20. The minimum absolute atomic E-state index is 0.0815. The third kappa shape index (κ3) is 6.22. The maximum absolute atomic E-state index is 13.1. The monoisotopic (exact) mass is 318 g/mol. The van der Waals surface area contributed by atoms with Gasteiger partial charge in [-0.15, -0.1) is 11.8 Å². The molecule has 0 spiro atoms. The van der Waals surface area contributed by atoms with Crippen molar-refractivity contribution in [3.8, 4) is 0 Å². The first-order chi connectivity index (χ1) is 7.76. The lowest BCUT2D eigenvalue weighted by molar-refractivity contribution is -0.116. The molecular weight excluding hydrogens is 303 g/mol. The Morgan fingerprint density at radius 2 is 2.00 bits per heavy atom. The average Bonchev–Trinajstić information content (AvgIpc) is 2.11. The van der Waals surface area contributed by atoms with Crippen LogP contribution in [0, 0.1) is 5.82 Å². The number of hydrogen-bond acceptors (Lipinski definition) is 2. The van der Waals surface area contributed by atoms with Crippen LogP contribution >= 0.6 is 27.7 Å². The largest absolute Gasteiger partial charge is 0.298 e. The predicted octanol–water partition coefficient (Wildman–Crippen LogP) is 4.23. The van der Waals surface area contributed by atoms with Gasteiger partial charge in [-0.3, -0.25) is 4.79 Å². The van der Waals surface area contributed by atoms with E-state index in [0.717, 1.165) is 5.56 Å². The van der Waals surface area contributed by atoms with Gasteiger partial charge in [0.05, 0.1) is 5.75 Å². The van der Waals surface area contributed by atoms with Crippen LogP contribution in [0.5, 0.6) is 0 Å². The quantitative estimate of drug-likeness (QED) is 0.826. The average molecular weight is 319 g/mol. The van der Waals surface area contributed by atoms with Crippen LogP contribution in [0.15, 0.2) is 22.7 Å². The molecule has 0 aliphatic rings. The minimum atomic E-state index is -0.314. The third-order valence-electron chi connectivity index (χ3n) is 1.99. The fraction of sp³-hybridized carbons (Fsp3) is 0.462. The molecule has 0 radical (unpaired) electrons. The summed E-state index contributed by atoms with van der Waals surface area (Å²) in [6, 6.07) is 4.57. The first kappa shape index (κ1) is 14.7. The van der Waals surface area contributed by atoms with E-state index in [1.54, 1.807) is 17.8 Å². The van der Waals surface area contributed by atoms with Crippen LogP contribution in [0.2, 0.25) is 0 Å². The molecule has 0 amide bonds. The molecule has 1 aromatic rings. The molecule has 0 saturated carbocycles. The van der Waals surface area contributed by atoms with Gasteiger partial charge in [0.2, 0.25) is 0 Å². The summed E-state index contributed by atoms with van der Waals surface area (Å²) in [5.41, 5.74) is 0.719. The SMILES string of the molecule is CC(C)(C)SCC(=O)Cc1cc(F)cc(Br)c1. The van der Waals surface area contributed by atoms with Gasteiger partial charge >= 0.3 is 0 Å². The standard InChI is InChI=1S/C13H16BrFOS/c1-13(2,3)17-8-12(16)6-9-4-10(14)7-11(15)5-9/h4-5,7H,6,8H2,1-3H3. The highest BCUT2D eigenvalue weighted by molar-refractivity contribution is 9.10. The summed E-state index contributed by atoms with van der Waals surface area (Å²) in [6.07, 6.45) is 0.291. The summed E-state index contributed by atoms with van der Waals surface area (Å²) >= 11 is 4.83. The van der Waals surface area contributed by atoms with E-state index < -0.39 is 0 Å². The van der Waals surface area contributed by atoms with Crippen molar-refractivity contribution >= 4 is 33.5 Å². The van der Waals surface area contributed by atoms with E-state index >= 15 is 0 Å². The van der Waals surface area contributed by atoms with Crippen LogP contribution < -0.4 is 0 Å². The maximum atomic E-state index is 13.1. The summed E-state index contributed by atoms with van der Waals surface area (Å²) in [5.74, 6) is 0.283. The fourth-order valence-corrected chi connectivity index (χ4v) is 2.50. The van der Waals surface area contributed by atoms with E-state index in [1.165, 1.54) is 12.1 Å². The molecule has 0 aliphatic heterocycles. The van der Waals surface area contributed by atoms with Gasteiger partial charge in [-0.1, -0.05) is 36.7 Å². The zero-order chi connectivity index (χ0) is 13.1. The molecule has 94 valence electrons. The second-order valence-electron chi connectivity index (χ2n) is 4.89. The van der Waals surface area contributed by atoms with Crippen molar-refractivity contribution in [2.75, 3.05) is 5.75 Å². The molecule has 4 heteroatoms. The lowest BCUT2D eigenvalue weighted by atomic mass is 10.1. The van der Waals surface area contributed by atoms with Crippen LogP contribution in [-0.4, -0.2) is 16.3 Å². The van der Waals surface area contributed by atoms with E-state index in [0.29, 0.717) is 16.6 Å². The highest BCUT2D eigenvalue weighted by Crippen LogP contribution is 2.23. The van der Waals surface area contributed by atoms with Crippen molar-refractivity contribution in [1.82, 2.24) is 0 Å². The lowest BCUT2D eigenvalue weighted by Gasteiger charge is -2.16. The van der Waals surface area contributed by atoms with Gasteiger partial charge in [0, 0.05) is 15.6 Å². The van der Waals surface area contributed by atoms with Crippen LogP contribution in [-0.2, 0) is 11.2 Å². The molecule has 0 heterocycles. The molecule has 0 bridgehead atoms. The maximum Gasteiger partial charge on any atom is 0.147 e. The van der Waals surface area contributed by atoms with Gasteiger partial charge in [0.15, 0.2) is 0 Å². The number of ketones is 1. The number of carbonyl (C=O) groups excluding carboxylic acids is 1. The summed E-state index contributed by atoms with van der Waals surface area (Å²) in [6.45, 7) is 6.22. The zero-order valence-electron chi connectivity index (χ0n) is 10.2. The Balaban J connectivity index is 2.56. The number of hydrogen-bond donors (Lipinski definition) is 0. The van der Waals surface area contributed by atoms with Gasteiger partial charge in [-0.2, -0.15) is 0 Å². The van der Waals surface area contributed by atoms with Crippen molar-refractivity contribution in [1.29, 1.82) is 0 Å². The number of thioether (sulfide) groups is 1. The molecule has 1 nitrogen and oxygen atoms in total. The van der Waals surface area contributed by atoms with Crippen LogP contribution in [0.4, 0.5) is 4.39 Å². The van der Waals surface area contributed by atoms with Gasteiger partial charge in [-0.25, -0.2) is 4.39 Å². The molecule has 17 heavy (non-hydrogen) atoms. The Morgan fingerprint density at radius 3 is 2.53 bits per heavy atom. The first-order valence-electron chi connectivity index (χ1n) is 5.37. The van der Waals surface area contributed by atoms with E-state index in [1.807, 2.05) is 0 Å². The Hall–Kier alpha value is -0.350. The lowest BCUT2D eigenvalue weighted by Crippen LogP contribution is -2.14. The van der Waals surface area contributed by atoms with Crippen molar-refractivity contribution in [3.05, 3.63) is 34.1 Å². The van der Waals surface area contributed by atoms with Crippen LogP contribution in [0.25, 0.3) is 0 Å². The van der Waals surface area contributed by atoms with Crippen molar-refractivity contribution < 1.29 is 9.18 Å². The van der Waals surface area contributed by atoms with E-state index in [-0.39, 0.29) is 16.3 Å². The Labute approximate surface area is 114 Å². The molecule has 0 unspecified atom stereocenters. The molecule has 0 aromatic heterocycles. The van der Waals surface area contributed by atoms with Gasteiger partial charge in [0.25, 0.3) is 0 Å². The van der Waals surface area contributed by atoms with Gasteiger partial charge in [-0.05, 0) is 23.8 Å². The molecule has 0 aliphatic carbocycles. The summed E-state index contributed by atoms with van der Waals surface area (Å²) in [5, 5.41) is 0. The molecule has 0 fully saturated rings. The van der Waals surface area contributed by atoms with E-state index in [4.69, 9.17) is 0 Å². The van der Waals surface area contributed by atoms with Gasteiger partial charge in [0.1, 0.15) is 11.6 Å². The zero-order valence-corrected chi connectivity index (χ0v) is 12.6. The van der Waals surface area contributed by atoms with Crippen molar-refractivity contribution in [2.24, 2.45) is 0 Å². The number of halogens is 2. The van der Waals surface area contributed by atoms with Crippen molar-refractivity contribution in [2.45, 2.75) is 31.9 Å². The molecule has 0 N–H and O–H groups in total. The smallest absolute Gasteiger partial charge is 0.147 e. The topological polar surface area (TPSA) is 17.1 Å². The van der Waals surface area contributed by atoms with Gasteiger partial charge < -0.3 is 0 Å². The summed E-state index contributed by atoms with van der Waals surface area (Å²) in [4.78, 5) is 11.7. The summed E-state index contributed by atoms with van der Waals surface area (Å²) < 4.78 is 13.9. The minimum Gasteiger partial charge on any atom is -0.298 e. The number of rotatable bonds is 4. The Morgan fingerprint density at radius 1 is 1.35 bits per heavy atom. The van der Waals surface area contributed by atoms with E-state index in [2.05, 4.69) is 36.7 Å². The molecule has 1 rings (SSSR count). The molecule has 1 aromatic carbocycles. The van der Waals surface area contributed by atoms with Crippen LogP contribution in [0.1, 0.15) is 26.3 Å². The highest BCUT2D eigenvalue weighted by Gasteiger charge is 2.14. The fourth-order valence-electron chi connectivity index (χ4n) is 1.29. The number of carbonyl (C=O) groups is 1. The second-order valence-corrected chi connectivity index (χ2v) is 7.61. The molecule has 0 atom stereocenters. The normalized spacial score (nSPS) is 11.6. The summed E-state index contributed by atoms with van der Waals surface area (Å²) in [7, 11) is 0. The number of benzene rings is 1. The van der Waals surface area contributed by atoms with Crippen molar-refractivity contribution in [3.63, 3.8) is 0 Å². The second kappa shape index (κ2) is 6.01. The predicted molar refractivity (Wildman–Crippen MR) is 75.0 cm³/mol. The third-order valence-corrected chi connectivity index (χ3v) is 3.78. The first-order valence-corrected chi connectivity index (χ1v) is 7.15. The van der Waals surface area contributed by atoms with E-state index in [9.17, 15) is 9.18 Å². The molecular formula is C13H16BrFOS. The number of Topliss-reactive ketones (excluding diaryl/α,β-unsaturated/α-hetero) is 1.